The molecular weight excluding hydrogens is 342 g/mol. The van der Waals surface area contributed by atoms with Crippen molar-refractivity contribution in [2.45, 2.75) is 19.8 Å². The summed E-state index contributed by atoms with van der Waals surface area (Å²) in [5.74, 6) is -0.323. The fourth-order valence-corrected chi connectivity index (χ4v) is 3.91. The van der Waals surface area contributed by atoms with E-state index in [1.807, 2.05) is 0 Å². The molecule has 0 unspecified atom stereocenters. The molecule has 8 heteroatoms. The van der Waals surface area contributed by atoms with Crippen LogP contribution in [0, 0.1) is 5.92 Å². The molecule has 1 N–H and O–H groups in total. The second-order valence-corrected chi connectivity index (χ2v) is 8.60. The fourth-order valence-electron chi connectivity index (χ4n) is 2.78. The highest BCUT2D eigenvalue weighted by atomic mass is 32.2. The lowest BCUT2D eigenvalue weighted by molar-refractivity contribution is -0.120. The molecule has 2 amide bonds. The van der Waals surface area contributed by atoms with Gasteiger partial charge >= 0.3 is 0 Å². The first kappa shape index (κ1) is 19.4. The second kappa shape index (κ2) is 7.97. The summed E-state index contributed by atoms with van der Waals surface area (Å²) in [4.78, 5) is 25.7. The number of piperidine rings is 1. The minimum Gasteiger partial charge on any atom is -0.345 e. The molecule has 1 aliphatic heterocycles. The van der Waals surface area contributed by atoms with Crippen LogP contribution in [0.1, 0.15) is 30.1 Å². The van der Waals surface area contributed by atoms with Gasteiger partial charge in [-0.3, -0.25) is 9.59 Å². The Morgan fingerprint density at radius 1 is 1.16 bits per heavy atom. The maximum Gasteiger partial charge on any atom is 0.253 e. The Kier molecular flexibility index (Phi) is 6.18. The van der Waals surface area contributed by atoms with Crippen molar-refractivity contribution in [2.75, 3.05) is 38.3 Å². The molecule has 2 rings (SSSR count). The van der Waals surface area contributed by atoms with Gasteiger partial charge in [-0.2, -0.15) is 0 Å². The van der Waals surface area contributed by atoms with Gasteiger partial charge in [-0.25, -0.2) is 12.7 Å². The van der Waals surface area contributed by atoms with Crippen LogP contribution in [0.15, 0.2) is 24.3 Å². The third-order valence-corrected chi connectivity index (χ3v) is 6.27. The molecule has 7 nitrogen and oxygen atoms in total. The predicted octanol–water partition coefficient (Wildman–Crippen LogP) is 1.39. The molecule has 0 saturated carbocycles. The van der Waals surface area contributed by atoms with Crippen molar-refractivity contribution in [3.8, 4) is 0 Å². The van der Waals surface area contributed by atoms with Crippen LogP contribution in [0.4, 0.5) is 5.69 Å². The number of nitrogens with zero attached hydrogens (tertiary/aromatic N) is 2. The molecule has 0 bridgehead atoms. The molecule has 0 radical (unpaired) electrons. The van der Waals surface area contributed by atoms with E-state index >= 15 is 0 Å². The van der Waals surface area contributed by atoms with E-state index in [0.29, 0.717) is 37.2 Å². The summed E-state index contributed by atoms with van der Waals surface area (Å²) >= 11 is 0. The molecule has 25 heavy (non-hydrogen) atoms. The number of anilines is 1. The van der Waals surface area contributed by atoms with Crippen LogP contribution >= 0.6 is 0 Å². The summed E-state index contributed by atoms with van der Waals surface area (Å²) in [5, 5.41) is 2.84. The van der Waals surface area contributed by atoms with Crippen molar-refractivity contribution in [1.82, 2.24) is 9.21 Å². The molecule has 0 aromatic heterocycles. The van der Waals surface area contributed by atoms with Crippen LogP contribution in [0.25, 0.3) is 0 Å². The van der Waals surface area contributed by atoms with E-state index < -0.39 is 10.0 Å². The minimum absolute atomic E-state index is 0.0852. The number of benzene rings is 1. The van der Waals surface area contributed by atoms with Crippen LogP contribution in [-0.2, 0) is 14.8 Å². The maximum atomic E-state index is 12.4. The zero-order chi connectivity index (χ0) is 18.6. The average molecular weight is 367 g/mol. The quantitative estimate of drug-likeness (QED) is 0.852. The first-order chi connectivity index (χ1) is 11.7. The van der Waals surface area contributed by atoms with Gasteiger partial charge in [0, 0.05) is 44.4 Å². The second-order valence-electron chi connectivity index (χ2n) is 6.34. The number of nitrogens with one attached hydrogen (secondary N) is 1. The van der Waals surface area contributed by atoms with E-state index in [9.17, 15) is 18.0 Å². The van der Waals surface area contributed by atoms with E-state index in [2.05, 4.69) is 5.32 Å². The molecule has 1 aromatic rings. The molecule has 0 aliphatic carbocycles. The lowest BCUT2D eigenvalue weighted by Gasteiger charge is -2.30. The Bertz CT molecular complexity index is 721. The molecule has 1 fully saturated rings. The van der Waals surface area contributed by atoms with Crippen LogP contribution in [-0.4, -0.2) is 62.4 Å². The third kappa shape index (κ3) is 4.79. The number of carbonyl (C=O) groups excluding carboxylic acids is 2. The standard InChI is InChI=1S/C17H25N3O4S/c1-4-25(23,24)20-11-9-13(10-12-20)16(21)18-15-7-5-14(6-8-15)17(22)19(2)3/h5-8,13H,4,9-12H2,1-3H3,(H,18,21). The van der Waals surface area contributed by atoms with Gasteiger partial charge in [-0.05, 0) is 44.0 Å². The smallest absolute Gasteiger partial charge is 0.253 e. The molecular formula is C17H25N3O4S. The highest BCUT2D eigenvalue weighted by molar-refractivity contribution is 7.89. The molecule has 0 spiro atoms. The van der Waals surface area contributed by atoms with Gasteiger partial charge in [-0.1, -0.05) is 0 Å². The summed E-state index contributed by atoms with van der Waals surface area (Å²) in [6, 6.07) is 6.75. The number of rotatable bonds is 5. The topological polar surface area (TPSA) is 86.8 Å². The van der Waals surface area contributed by atoms with Crippen molar-refractivity contribution in [2.24, 2.45) is 5.92 Å². The SMILES string of the molecule is CCS(=O)(=O)N1CCC(C(=O)Nc2ccc(C(=O)N(C)C)cc2)CC1. The van der Waals surface area contributed by atoms with Crippen molar-refractivity contribution < 1.29 is 18.0 Å². The van der Waals surface area contributed by atoms with Gasteiger partial charge in [0.1, 0.15) is 0 Å². The van der Waals surface area contributed by atoms with Crippen LogP contribution in [0.2, 0.25) is 0 Å². The number of carbonyl (C=O) groups is 2. The van der Waals surface area contributed by atoms with Gasteiger partial charge in [0.05, 0.1) is 5.75 Å². The van der Waals surface area contributed by atoms with Crippen LogP contribution < -0.4 is 5.32 Å². The Labute approximate surface area is 149 Å². The van der Waals surface area contributed by atoms with Gasteiger partial charge in [-0.15, -0.1) is 0 Å². The normalized spacial score (nSPS) is 16.4. The number of hydrogen-bond acceptors (Lipinski definition) is 4. The highest BCUT2D eigenvalue weighted by Gasteiger charge is 2.30. The first-order valence-corrected chi connectivity index (χ1v) is 9.96. The monoisotopic (exact) mass is 367 g/mol. The van der Waals surface area contributed by atoms with Crippen molar-refractivity contribution in [1.29, 1.82) is 0 Å². The Morgan fingerprint density at radius 3 is 2.20 bits per heavy atom. The molecule has 0 atom stereocenters. The van der Waals surface area contributed by atoms with Crippen LogP contribution in [0.3, 0.4) is 0 Å². The average Bonchev–Trinajstić information content (AvgIpc) is 2.61. The van der Waals surface area contributed by atoms with Crippen molar-refractivity contribution in [3.63, 3.8) is 0 Å². The number of hydrogen-bond donors (Lipinski definition) is 1. The van der Waals surface area contributed by atoms with Gasteiger partial charge in [0.25, 0.3) is 5.91 Å². The van der Waals surface area contributed by atoms with E-state index in [1.54, 1.807) is 45.3 Å². The van der Waals surface area contributed by atoms with Gasteiger partial charge in [0.15, 0.2) is 0 Å². The van der Waals surface area contributed by atoms with Crippen molar-refractivity contribution in [3.05, 3.63) is 29.8 Å². The first-order valence-electron chi connectivity index (χ1n) is 8.35. The predicted molar refractivity (Wildman–Crippen MR) is 96.8 cm³/mol. The fraction of sp³-hybridized carbons (Fsp3) is 0.529. The minimum atomic E-state index is -3.18. The largest absolute Gasteiger partial charge is 0.345 e. The summed E-state index contributed by atoms with van der Waals surface area (Å²) in [5.41, 5.74) is 1.19. The molecule has 138 valence electrons. The molecule has 1 heterocycles. The maximum absolute atomic E-state index is 12.4. The van der Waals surface area contributed by atoms with Gasteiger partial charge < -0.3 is 10.2 Å². The highest BCUT2D eigenvalue weighted by Crippen LogP contribution is 2.22. The van der Waals surface area contributed by atoms with E-state index in [-0.39, 0.29) is 23.5 Å². The van der Waals surface area contributed by atoms with E-state index in [0.717, 1.165) is 0 Å². The van der Waals surface area contributed by atoms with E-state index in [4.69, 9.17) is 0 Å². The number of sulfonamides is 1. The Morgan fingerprint density at radius 2 is 1.72 bits per heavy atom. The number of amides is 2. The summed E-state index contributed by atoms with van der Waals surface area (Å²) in [6.45, 7) is 2.38. The van der Waals surface area contributed by atoms with Crippen molar-refractivity contribution >= 4 is 27.5 Å². The zero-order valence-electron chi connectivity index (χ0n) is 14.9. The summed E-state index contributed by atoms with van der Waals surface area (Å²) in [7, 11) is 0.184. The zero-order valence-corrected chi connectivity index (χ0v) is 15.7. The summed E-state index contributed by atoms with van der Waals surface area (Å²) in [6.07, 6.45) is 1.03. The Hall–Kier alpha value is -1.93. The molecule has 1 aromatic carbocycles. The van der Waals surface area contributed by atoms with E-state index in [1.165, 1.54) is 9.21 Å². The third-order valence-electron chi connectivity index (χ3n) is 4.39. The molecule has 1 aliphatic rings. The molecule has 1 saturated heterocycles. The lowest BCUT2D eigenvalue weighted by Crippen LogP contribution is -2.42. The summed E-state index contributed by atoms with van der Waals surface area (Å²) < 4.78 is 25.2. The Balaban J connectivity index is 1.92. The lowest BCUT2D eigenvalue weighted by atomic mass is 9.97. The van der Waals surface area contributed by atoms with Gasteiger partial charge in [0.2, 0.25) is 15.9 Å². The van der Waals surface area contributed by atoms with Crippen LogP contribution in [0.5, 0.6) is 0 Å².